The van der Waals surface area contributed by atoms with E-state index in [1.165, 1.54) is 308 Å². The number of ether oxygens (including phenoxy) is 1. The van der Waals surface area contributed by atoms with E-state index in [0.29, 0.717) is 19.4 Å². The lowest BCUT2D eigenvalue weighted by Gasteiger charge is -2.20. The van der Waals surface area contributed by atoms with Crippen molar-refractivity contribution in [3.8, 4) is 0 Å². The van der Waals surface area contributed by atoms with Gasteiger partial charge in [-0.05, 0) is 57.8 Å². The second-order valence-corrected chi connectivity index (χ2v) is 23.5. The molecule has 2 unspecified atom stereocenters. The molecule has 0 aromatic carbocycles. The first kappa shape index (κ1) is 73.3. The van der Waals surface area contributed by atoms with Gasteiger partial charge in [0.25, 0.3) is 0 Å². The lowest BCUT2D eigenvalue weighted by atomic mass is 10.0. The number of hydrogen-bond donors (Lipinski definition) is 3. The number of hydrogen-bond acceptors (Lipinski definition) is 5. The predicted octanol–water partition coefficient (Wildman–Crippen LogP) is 21.8. The van der Waals surface area contributed by atoms with Gasteiger partial charge in [-0.3, -0.25) is 9.59 Å². The molecule has 3 N–H and O–H groups in total. The monoisotopic (exact) mass is 1060 g/mol. The zero-order valence-electron chi connectivity index (χ0n) is 50.8. The second kappa shape index (κ2) is 64.9. The van der Waals surface area contributed by atoms with Crippen molar-refractivity contribution in [1.82, 2.24) is 5.32 Å². The van der Waals surface area contributed by atoms with Gasteiger partial charge in [-0.25, -0.2) is 0 Å². The van der Waals surface area contributed by atoms with E-state index in [1.807, 2.05) is 6.08 Å². The summed E-state index contributed by atoms with van der Waals surface area (Å²) in [5, 5.41) is 23.2. The van der Waals surface area contributed by atoms with Crippen molar-refractivity contribution in [3.05, 3.63) is 24.3 Å². The molecule has 444 valence electrons. The van der Waals surface area contributed by atoms with Crippen LogP contribution in [0.2, 0.25) is 0 Å². The third kappa shape index (κ3) is 61.4. The molecule has 0 aliphatic rings. The van der Waals surface area contributed by atoms with Gasteiger partial charge in [0.2, 0.25) is 5.91 Å². The van der Waals surface area contributed by atoms with Crippen molar-refractivity contribution in [1.29, 1.82) is 0 Å². The van der Waals surface area contributed by atoms with E-state index in [-0.39, 0.29) is 18.5 Å². The Labute approximate surface area is 469 Å². The molecule has 2 atom stereocenters. The molecule has 0 radical (unpaired) electrons. The number of allylic oxidation sites excluding steroid dienone is 3. The predicted molar refractivity (Wildman–Crippen MR) is 329 cm³/mol. The molecule has 0 heterocycles. The lowest BCUT2D eigenvalue weighted by molar-refractivity contribution is -0.143. The fourth-order valence-corrected chi connectivity index (χ4v) is 10.7. The number of esters is 1. The molecule has 1 amide bonds. The summed E-state index contributed by atoms with van der Waals surface area (Å²) in [6, 6.07) is -0.634. The number of unbranched alkanes of at least 4 members (excludes halogenated alkanes) is 51. The van der Waals surface area contributed by atoms with Crippen molar-refractivity contribution >= 4 is 11.9 Å². The average Bonchev–Trinajstić information content (AvgIpc) is 3.41. The molecule has 6 nitrogen and oxygen atoms in total. The molecule has 0 spiro atoms. The molecule has 0 rings (SSSR count). The summed E-state index contributed by atoms with van der Waals surface area (Å²) in [7, 11) is 0. The summed E-state index contributed by atoms with van der Waals surface area (Å²) < 4.78 is 5.49. The van der Waals surface area contributed by atoms with Gasteiger partial charge < -0.3 is 20.3 Å². The highest BCUT2D eigenvalue weighted by Crippen LogP contribution is 2.18. The normalized spacial score (nSPS) is 12.6. The fraction of sp³-hybridized carbons (Fsp3) is 0.913. The Morgan fingerprint density at radius 1 is 0.360 bits per heavy atom. The molecule has 0 aliphatic carbocycles. The van der Waals surface area contributed by atoms with Gasteiger partial charge in [0.1, 0.15) is 0 Å². The molecule has 0 fully saturated rings. The maximum atomic E-state index is 12.5. The molecule has 6 heteroatoms. The average molecular weight is 1060 g/mol. The number of aliphatic hydroxyl groups excluding tert-OH is 2. The van der Waals surface area contributed by atoms with Crippen LogP contribution in [0.25, 0.3) is 0 Å². The summed E-state index contributed by atoms with van der Waals surface area (Å²) in [5.74, 6) is -0.0606. The largest absolute Gasteiger partial charge is 0.466 e. The summed E-state index contributed by atoms with van der Waals surface area (Å²) in [6.45, 7) is 4.93. The van der Waals surface area contributed by atoms with E-state index in [0.717, 1.165) is 44.9 Å². The number of amides is 1. The highest BCUT2D eigenvalue weighted by atomic mass is 16.5. The van der Waals surface area contributed by atoms with Crippen LogP contribution in [-0.4, -0.2) is 47.4 Å². The van der Waals surface area contributed by atoms with Crippen LogP contribution >= 0.6 is 0 Å². The number of carbonyl (C=O) groups is 2. The lowest BCUT2D eigenvalue weighted by Crippen LogP contribution is -2.45. The zero-order valence-corrected chi connectivity index (χ0v) is 50.8. The third-order valence-electron chi connectivity index (χ3n) is 16.0. The number of carbonyl (C=O) groups excluding carboxylic acids is 2. The SMILES string of the molecule is CCCCCCCCCCCCCCCCCCCCCC/C=C/C(O)C(CO)NC(=O)CCCCCCCCC/C=C\CCCCCCCCCCCCOC(=O)CCCCCCCCCCCCCCCCC. The first-order chi connectivity index (χ1) is 37.0. The molecule has 0 aromatic heterocycles. The number of rotatable bonds is 64. The Morgan fingerprint density at radius 3 is 0.947 bits per heavy atom. The topological polar surface area (TPSA) is 95.9 Å². The van der Waals surface area contributed by atoms with Crippen molar-refractivity contribution < 1.29 is 24.5 Å². The fourth-order valence-electron chi connectivity index (χ4n) is 10.7. The van der Waals surface area contributed by atoms with Gasteiger partial charge in [0.15, 0.2) is 0 Å². The highest BCUT2D eigenvalue weighted by Gasteiger charge is 2.18. The molecule has 75 heavy (non-hydrogen) atoms. The second-order valence-electron chi connectivity index (χ2n) is 23.5. The maximum absolute atomic E-state index is 12.5. The van der Waals surface area contributed by atoms with Crippen molar-refractivity contribution in [2.45, 2.75) is 392 Å². The number of nitrogens with one attached hydrogen (secondary N) is 1. The quantitative estimate of drug-likeness (QED) is 0.0320. The first-order valence-corrected chi connectivity index (χ1v) is 34.1. The van der Waals surface area contributed by atoms with Crippen LogP contribution in [0.15, 0.2) is 24.3 Å². The Hall–Kier alpha value is -1.66. The zero-order chi connectivity index (χ0) is 54.3. The van der Waals surface area contributed by atoms with Crippen molar-refractivity contribution in [2.75, 3.05) is 13.2 Å². The molecular formula is C69H133NO5. The molecular weight excluding hydrogens is 923 g/mol. The Bertz CT molecular complexity index is 1170. The van der Waals surface area contributed by atoms with Crippen LogP contribution < -0.4 is 5.32 Å². The van der Waals surface area contributed by atoms with E-state index in [1.54, 1.807) is 6.08 Å². The van der Waals surface area contributed by atoms with Gasteiger partial charge in [0, 0.05) is 12.8 Å². The van der Waals surface area contributed by atoms with E-state index < -0.39 is 12.1 Å². The molecule has 0 aromatic rings. The van der Waals surface area contributed by atoms with Gasteiger partial charge in [-0.15, -0.1) is 0 Å². The molecule has 0 aliphatic heterocycles. The Balaban J connectivity index is 3.44. The van der Waals surface area contributed by atoms with E-state index in [4.69, 9.17) is 4.74 Å². The summed E-state index contributed by atoms with van der Waals surface area (Å²) in [6.07, 6.45) is 80.9. The summed E-state index contributed by atoms with van der Waals surface area (Å²) >= 11 is 0. The first-order valence-electron chi connectivity index (χ1n) is 34.1. The smallest absolute Gasteiger partial charge is 0.305 e. The van der Waals surface area contributed by atoms with Crippen molar-refractivity contribution in [2.24, 2.45) is 0 Å². The highest BCUT2D eigenvalue weighted by molar-refractivity contribution is 5.76. The van der Waals surface area contributed by atoms with Crippen LogP contribution in [0.4, 0.5) is 0 Å². The van der Waals surface area contributed by atoms with Gasteiger partial charge >= 0.3 is 5.97 Å². The minimum atomic E-state index is -0.850. The minimum Gasteiger partial charge on any atom is -0.466 e. The Morgan fingerprint density at radius 2 is 0.627 bits per heavy atom. The minimum absolute atomic E-state index is 0.0113. The molecule has 0 saturated carbocycles. The Kier molecular flexibility index (Phi) is 63.4. The third-order valence-corrected chi connectivity index (χ3v) is 16.0. The summed E-state index contributed by atoms with van der Waals surface area (Å²) in [5.41, 5.74) is 0. The molecule has 0 bridgehead atoms. The summed E-state index contributed by atoms with van der Waals surface area (Å²) in [4.78, 5) is 24.6. The van der Waals surface area contributed by atoms with Crippen LogP contribution in [0.1, 0.15) is 380 Å². The van der Waals surface area contributed by atoms with Gasteiger partial charge in [0.05, 0.1) is 25.4 Å². The number of aliphatic hydroxyl groups is 2. The van der Waals surface area contributed by atoms with E-state index in [2.05, 4.69) is 31.3 Å². The van der Waals surface area contributed by atoms with Crippen LogP contribution in [0, 0.1) is 0 Å². The van der Waals surface area contributed by atoms with E-state index >= 15 is 0 Å². The van der Waals surface area contributed by atoms with Crippen LogP contribution in [-0.2, 0) is 14.3 Å². The van der Waals surface area contributed by atoms with Gasteiger partial charge in [-0.1, -0.05) is 334 Å². The standard InChI is InChI=1S/C69H133NO5/c1-3-5-7-9-11-13-15-17-19-20-21-22-24-27-30-34-37-41-45-49-53-57-61-67(72)66(65-71)70-68(73)62-58-54-50-46-42-38-35-31-28-25-23-26-29-32-36-40-44-48-52-56-60-64-75-69(74)63-59-55-51-47-43-39-33-18-16-14-12-10-8-6-4-2/h25,28,57,61,66-67,71-72H,3-24,26-27,29-56,58-60,62-65H2,1-2H3,(H,70,73)/b28-25-,61-57+. The maximum Gasteiger partial charge on any atom is 0.305 e. The van der Waals surface area contributed by atoms with Crippen LogP contribution in [0.5, 0.6) is 0 Å². The van der Waals surface area contributed by atoms with Crippen LogP contribution in [0.3, 0.4) is 0 Å². The van der Waals surface area contributed by atoms with Crippen molar-refractivity contribution in [3.63, 3.8) is 0 Å². The molecule has 0 saturated heterocycles. The van der Waals surface area contributed by atoms with E-state index in [9.17, 15) is 19.8 Å². The van der Waals surface area contributed by atoms with Gasteiger partial charge in [-0.2, -0.15) is 0 Å².